The van der Waals surface area contributed by atoms with Crippen molar-refractivity contribution in [2.24, 2.45) is 5.92 Å². The van der Waals surface area contributed by atoms with Crippen LogP contribution in [0.4, 0.5) is 4.39 Å². The van der Waals surface area contributed by atoms with Crippen LogP contribution < -0.4 is 5.32 Å². The number of hydrogen-bond acceptors (Lipinski definition) is 3. The zero-order valence-corrected chi connectivity index (χ0v) is 18.0. The Morgan fingerprint density at radius 2 is 1.90 bits per heavy atom. The Kier molecular flexibility index (Phi) is 5.80. The van der Waals surface area contributed by atoms with Gasteiger partial charge in [0.05, 0.1) is 21.2 Å². The van der Waals surface area contributed by atoms with Crippen LogP contribution in [0.25, 0.3) is 16.7 Å². The Balaban J connectivity index is 1.81. The highest BCUT2D eigenvalue weighted by molar-refractivity contribution is 6.44. The molecule has 2 N–H and O–H groups in total. The molecule has 1 saturated carbocycles. The number of methoxy groups -OCH3 is 1. The Morgan fingerprint density at radius 1 is 1.23 bits per heavy atom. The number of ether oxygens (including phenoxy) is 1. The fraction of sp³-hybridized carbons (Fsp3) is 0.348. The van der Waals surface area contributed by atoms with Crippen molar-refractivity contribution in [1.29, 1.82) is 0 Å². The molecule has 0 aromatic heterocycles. The average molecular weight is 450 g/mol. The summed E-state index contributed by atoms with van der Waals surface area (Å²) in [6, 6.07) is 10.3. The molecule has 2 aromatic rings. The van der Waals surface area contributed by atoms with E-state index in [9.17, 15) is 9.90 Å². The molecule has 158 valence electrons. The Labute approximate surface area is 184 Å². The number of amides is 1. The topological polar surface area (TPSA) is 58.6 Å². The third kappa shape index (κ3) is 3.49. The van der Waals surface area contributed by atoms with E-state index in [2.05, 4.69) is 5.32 Å². The molecule has 7 heteroatoms. The van der Waals surface area contributed by atoms with Crippen molar-refractivity contribution in [3.63, 3.8) is 0 Å². The summed E-state index contributed by atoms with van der Waals surface area (Å²) >= 11 is 12.6. The van der Waals surface area contributed by atoms with Gasteiger partial charge in [0, 0.05) is 24.8 Å². The van der Waals surface area contributed by atoms with Gasteiger partial charge in [-0.1, -0.05) is 53.5 Å². The standard InChI is InChI=1S/C23H22Cl2FNO3/c1-30-12-13-7-9-23(10-8-13)21(28)18(22(29)27-23)17-19(25)16(24)11-15(20(17)26)14-5-3-2-4-6-14/h2-6,11,13,28H,7-10,12H2,1H3,(H,27,29). The number of nitrogens with one attached hydrogen (secondary N) is 1. The van der Waals surface area contributed by atoms with Gasteiger partial charge < -0.3 is 15.2 Å². The molecule has 1 spiro atoms. The minimum absolute atomic E-state index is 0.0873. The van der Waals surface area contributed by atoms with Gasteiger partial charge in [0.1, 0.15) is 11.6 Å². The van der Waals surface area contributed by atoms with Gasteiger partial charge in [0.25, 0.3) is 5.91 Å². The second-order valence-corrected chi connectivity index (χ2v) is 8.72. The summed E-state index contributed by atoms with van der Waals surface area (Å²) in [6.45, 7) is 0.635. The molecular weight excluding hydrogens is 428 g/mol. The lowest BCUT2D eigenvalue weighted by Gasteiger charge is -2.37. The quantitative estimate of drug-likeness (QED) is 0.582. The van der Waals surface area contributed by atoms with Crippen LogP contribution in [-0.4, -0.2) is 30.3 Å². The molecule has 0 bridgehead atoms. The van der Waals surface area contributed by atoms with Gasteiger partial charge in [0.2, 0.25) is 0 Å². The SMILES string of the molecule is COCC1CCC2(CC1)NC(=O)C(c1c(F)c(-c3ccccc3)cc(Cl)c1Cl)=C2O. The number of benzene rings is 2. The van der Waals surface area contributed by atoms with Gasteiger partial charge >= 0.3 is 0 Å². The predicted octanol–water partition coefficient (Wildman–Crippen LogP) is 5.77. The molecule has 0 radical (unpaired) electrons. The largest absolute Gasteiger partial charge is 0.509 e. The van der Waals surface area contributed by atoms with Crippen molar-refractivity contribution in [3.8, 4) is 11.1 Å². The third-order valence-electron chi connectivity index (χ3n) is 6.12. The van der Waals surface area contributed by atoms with Crippen LogP contribution in [0.15, 0.2) is 42.2 Å². The highest BCUT2D eigenvalue weighted by Crippen LogP contribution is 2.46. The highest BCUT2D eigenvalue weighted by Gasteiger charge is 2.49. The maximum atomic E-state index is 15.6. The van der Waals surface area contributed by atoms with Gasteiger partial charge in [0.15, 0.2) is 0 Å². The summed E-state index contributed by atoms with van der Waals surface area (Å²) in [6.07, 6.45) is 2.67. The molecule has 1 aliphatic heterocycles. The van der Waals surface area contributed by atoms with E-state index in [4.69, 9.17) is 27.9 Å². The summed E-state index contributed by atoms with van der Waals surface area (Å²) in [7, 11) is 1.66. The van der Waals surface area contributed by atoms with Crippen LogP contribution in [0.2, 0.25) is 10.0 Å². The molecule has 2 aliphatic rings. The number of halogens is 3. The fourth-order valence-electron chi connectivity index (χ4n) is 4.50. The Bertz CT molecular complexity index is 1010. The maximum absolute atomic E-state index is 15.6. The normalized spacial score (nSPS) is 23.9. The molecule has 0 saturated heterocycles. The van der Waals surface area contributed by atoms with Crippen molar-refractivity contribution in [3.05, 3.63) is 63.6 Å². The lowest BCUT2D eigenvalue weighted by molar-refractivity contribution is -0.116. The first-order valence-electron chi connectivity index (χ1n) is 9.86. The van der Waals surface area contributed by atoms with E-state index < -0.39 is 17.3 Å². The fourth-order valence-corrected chi connectivity index (χ4v) is 4.94. The minimum Gasteiger partial charge on any atom is -0.509 e. The third-order valence-corrected chi connectivity index (χ3v) is 6.91. The first-order chi connectivity index (χ1) is 14.4. The van der Waals surface area contributed by atoms with Gasteiger partial charge in [-0.25, -0.2) is 4.39 Å². The van der Waals surface area contributed by atoms with Crippen molar-refractivity contribution in [2.45, 2.75) is 31.2 Å². The molecule has 1 amide bonds. The van der Waals surface area contributed by atoms with E-state index in [-0.39, 0.29) is 32.5 Å². The van der Waals surface area contributed by atoms with E-state index in [0.717, 1.165) is 12.8 Å². The number of aliphatic hydroxyl groups excluding tert-OH is 1. The van der Waals surface area contributed by atoms with E-state index in [1.54, 1.807) is 31.4 Å². The molecule has 0 atom stereocenters. The number of carbonyl (C=O) groups excluding carboxylic acids is 1. The number of carbonyl (C=O) groups is 1. The molecule has 1 fully saturated rings. The molecule has 1 aliphatic carbocycles. The average Bonchev–Trinajstić information content (AvgIpc) is 2.98. The zero-order chi connectivity index (χ0) is 21.5. The van der Waals surface area contributed by atoms with Gasteiger partial charge in [-0.15, -0.1) is 0 Å². The van der Waals surface area contributed by atoms with Crippen molar-refractivity contribution < 1.29 is 19.0 Å². The van der Waals surface area contributed by atoms with Gasteiger partial charge in [-0.2, -0.15) is 0 Å². The van der Waals surface area contributed by atoms with Crippen LogP contribution >= 0.6 is 23.2 Å². The summed E-state index contributed by atoms with van der Waals surface area (Å²) in [5, 5.41) is 14.0. The predicted molar refractivity (Wildman–Crippen MR) is 116 cm³/mol. The summed E-state index contributed by atoms with van der Waals surface area (Å²) in [5.74, 6) is -1.02. The zero-order valence-electron chi connectivity index (χ0n) is 16.5. The Morgan fingerprint density at radius 3 is 2.53 bits per heavy atom. The van der Waals surface area contributed by atoms with Crippen LogP contribution in [-0.2, 0) is 9.53 Å². The second-order valence-electron chi connectivity index (χ2n) is 7.93. The van der Waals surface area contributed by atoms with Crippen molar-refractivity contribution >= 4 is 34.7 Å². The van der Waals surface area contributed by atoms with Crippen LogP contribution in [0.3, 0.4) is 0 Å². The Hall–Kier alpha value is -2.08. The van der Waals surface area contributed by atoms with Crippen LogP contribution in [0.1, 0.15) is 31.2 Å². The summed E-state index contributed by atoms with van der Waals surface area (Å²) in [5.41, 5.74) is -0.376. The summed E-state index contributed by atoms with van der Waals surface area (Å²) in [4.78, 5) is 12.9. The van der Waals surface area contributed by atoms with Crippen LogP contribution in [0, 0.1) is 11.7 Å². The van der Waals surface area contributed by atoms with Gasteiger partial charge in [-0.3, -0.25) is 4.79 Å². The first kappa shape index (κ1) is 21.2. The molecular formula is C23H22Cl2FNO3. The molecule has 4 rings (SSSR count). The second kappa shape index (κ2) is 8.22. The molecule has 30 heavy (non-hydrogen) atoms. The lowest BCUT2D eigenvalue weighted by Crippen LogP contribution is -2.47. The molecule has 0 unspecified atom stereocenters. The van der Waals surface area contributed by atoms with Crippen LogP contribution in [0.5, 0.6) is 0 Å². The summed E-state index contributed by atoms with van der Waals surface area (Å²) < 4.78 is 20.9. The molecule has 4 nitrogen and oxygen atoms in total. The molecule has 1 heterocycles. The van der Waals surface area contributed by atoms with E-state index in [1.165, 1.54) is 6.07 Å². The smallest absolute Gasteiger partial charge is 0.256 e. The molecule has 2 aromatic carbocycles. The van der Waals surface area contributed by atoms with E-state index in [1.807, 2.05) is 6.07 Å². The lowest BCUT2D eigenvalue weighted by atomic mass is 9.76. The highest BCUT2D eigenvalue weighted by atomic mass is 35.5. The van der Waals surface area contributed by atoms with Crippen molar-refractivity contribution in [2.75, 3.05) is 13.7 Å². The number of hydrogen-bond donors (Lipinski definition) is 2. The van der Waals surface area contributed by atoms with E-state index >= 15 is 4.39 Å². The first-order valence-corrected chi connectivity index (χ1v) is 10.6. The van der Waals surface area contributed by atoms with Crippen molar-refractivity contribution in [1.82, 2.24) is 5.32 Å². The number of rotatable bonds is 4. The van der Waals surface area contributed by atoms with Gasteiger partial charge in [-0.05, 0) is 43.2 Å². The van der Waals surface area contributed by atoms with E-state index in [0.29, 0.717) is 30.9 Å². The number of aliphatic hydroxyl groups is 1. The maximum Gasteiger partial charge on any atom is 0.256 e. The minimum atomic E-state index is -0.901. The monoisotopic (exact) mass is 449 g/mol.